The first kappa shape index (κ1) is 14.0. The van der Waals surface area contributed by atoms with E-state index in [2.05, 4.69) is 16.2 Å². The van der Waals surface area contributed by atoms with E-state index < -0.39 is 12.1 Å². The Bertz CT molecular complexity index is 160. The van der Waals surface area contributed by atoms with Crippen molar-refractivity contribution >= 4 is 12.1 Å². The molecule has 0 unspecified atom stereocenters. The van der Waals surface area contributed by atoms with Crippen LogP contribution in [0.1, 0.15) is 6.92 Å². The quantitative estimate of drug-likeness (QED) is 0.502. The summed E-state index contributed by atoms with van der Waals surface area (Å²) in [5, 5.41) is 7.60. The topological polar surface area (TPSA) is 84.9 Å². The summed E-state index contributed by atoms with van der Waals surface area (Å²) in [7, 11) is 1.34. The summed E-state index contributed by atoms with van der Waals surface area (Å²) in [6.45, 7) is 5.03. The number of aliphatic carboxylic acids is 1. The minimum atomic E-state index is -0.981. The van der Waals surface area contributed by atoms with Crippen LogP contribution in [0.2, 0.25) is 0 Å². The number of hydrogen-bond acceptors (Lipinski definition) is 4. The molecule has 1 amide bonds. The Morgan fingerprint density at radius 1 is 1.62 bits per heavy atom. The molecule has 0 bridgehead atoms. The number of nitrogens with one attached hydrogen (secondary N) is 1. The highest BCUT2D eigenvalue weighted by Gasteiger charge is 1.93. The highest BCUT2D eigenvalue weighted by Crippen LogP contribution is 1.72. The van der Waals surface area contributed by atoms with Crippen LogP contribution in [0.3, 0.4) is 0 Å². The van der Waals surface area contributed by atoms with E-state index in [1.165, 1.54) is 7.11 Å². The third-order valence-corrected chi connectivity index (χ3v) is 0.635. The molecule has 0 aromatic carbocycles. The number of rotatable bonds is 3. The zero-order chi connectivity index (χ0) is 10.7. The Balaban J connectivity index is 0. The zero-order valence-electron chi connectivity index (χ0n) is 7.57. The van der Waals surface area contributed by atoms with Gasteiger partial charge >= 0.3 is 12.1 Å². The molecule has 0 radical (unpaired) electrons. The average Bonchev–Trinajstić information content (AvgIpc) is 2.06. The molecule has 0 spiro atoms. The van der Waals surface area contributed by atoms with Crippen molar-refractivity contribution in [1.29, 1.82) is 0 Å². The number of amides is 1. The second kappa shape index (κ2) is 10.4. The molecule has 0 saturated carbocycles. The molecule has 2 N–H and O–H groups in total. The summed E-state index contributed by atoms with van der Waals surface area (Å²) in [5.74, 6) is -0.981. The van der Waals surface area contributed by atoms with Gasteiger partial charge in [-0.2, -0.15) is 5.48 Å². The molecule has 6 heteroatoms. The zero-order valence-corrected chi connectivity index (χ0v) is 7.57. The van der Waals surface area contributed by atoms with E-state index in [9.17, 15) is 9.59 Å². The molecular formula is C7H13NO5. The Morgan fingerprint density at radius 3 is 2.31 bits per heavy atom. The van der Waals surface area contributed by atoms with Gasteiger partial charge in [0.2, 0.25) is 0 Å². The van der Waals surface area contributed by atoms with E-state index in [0.717, 1.165) is 6.08 Å². The Labute approximate surface area is 76.1 Å². The third-order valence-electron chi connectivity index (χ3n) is 0.635. The van der Waals surface area contributed by atoms with Gasteiger partial charge in [0.1, 0.15) is 0 Å². The maximum absolute atomic E-state index is 10.2. The van der Waals surface area contributed by atoms with Crippen molar-refractivity contribution in [2.45, 2.75) is 6.92 Å². The van der Waals surface area contributed by atoms with Gasteiger partial charge in [-0.3, -0.25) is 4.84 Å². The van der Waals surface area contributed by atoms with Gasteiger partial charge in [0.05, 0.1) is 13.7 Å². The van der Waals surface area contributed by atoms with E-state index in [1.54, 1.807) is 6.92 Å². The van der Waals surface area contributed by atoms with Crippen molar-refractivity contribution in [2.24, 2.45) is 0 Å². The van der Waals surface area contributed by atoms with Gasteiger partial charge in [-0.05, 0) is 6.92 Å². The van der Waals surface area contributed by atoms with E-state index in [4.69, 9.17) is 5.11 Å². The van der Waals surface area contributed by atoms with Crippen LogP contribution in [-0.2, 0) is 14.4 Å². The van der Waals surface area contributed by atoms with Crippen LogP contribution < -0.4 is 5.48 Å². The summed E-state index contributed by atoms with van der Waals surface area (Å²) in [5.41, 5.74) is 1.99. The largest absolute Gasteiger partial charge is 0.478 e. The summed E-state index contributed by atoms with van der Waals surface area (Å²) in [6.07, 6.45) is 0.273. The fourth-order valence-electron chi connectivity index (χ4n) is 0.244. The highest BCUT2D eigenvalue weighted by molar-refractivity contribution is 5.78. The number of carboxylic acids is 1. The van der Waals surface area contributed by atoms with Crippen LogP contribution in [0.5, 0.6) is 0 Å². The smallest absolute Gasteiger partial charge is 0.431 e. The first-order chi connectivity index (χ1) is 6.08. The van der Waals surface area contributed by atoms with Crippen molar-refractivity contribution < 1.29 is 24.3 Å². The summed E-state index contributed by atoms with van der Waals surface area (Å²) in [4.78, 5) is 23.7. The molecule has 0 aromatic rings. The maximum atomic E-state index is 10.2. The summed E-state index contributed by atoms with van der Waals surface area (Å²) in [6, 6.07) is 0. The van der Waals surface area contributed by atoms with Crippen LogP contribution in [0.25, 0.3) is 0 Å². The Morgan fingerprint density at radius 2 is 2.08 bits per heavy atom. The normalized spacial score (nSPS) is 7.54. The lowest BCUT2D eigenvalue weighted by atomic mass is 10.7. The first-order valence-corrected chi connectivity index (χ1v) is 3.39. The molecule has 0 atom stereocenters. The van der Waals surface area contributed by atoms with Crippen molar-refractivity contribution in [3.05, 3.63) is 12.7 Å². The second-order valence-electron chi connectivity index (χ2n) is 1.57. The van der Waals surface area contributed by atoms with Gasteiger partial charge < -0.3 is 9.84 Å². The van der Waals surface area contributed by atoms with E-state index in [0.29, 0.717) is 6.61 Å². The lowest BCUT2D eigenvalue weighted by molar-refractivity contribution is -0.131. The molecule has 0 aliphatic rings. The summed E-state index contributed by atoms with van der Waals surface area (Å²) >= 11 is 0. The molecule has 0 saturated heterocycles. The van der Waals surface area contributed by atoms with E-state index in [1.807, 2.05) is 5.48 Å². The van der Waals surface area contributed by atoms with Gasteiger partial charge in [-0.25, -0.2) is 9.59 Å². The minimum Gasteiger partial charge on any atom is -0.478 e. The van der Waals surface area contributed by atoms with Gasteiger partial charge in [-0.15, -0.1) is 0 Å². The maximum Gasteiger partial charge on any atom is 0.431 e. The number of ether oxygens (including phenoxy) is 1. The fourth-order valence-corrected chi connectivity index (χ4v) is 0.244. The molecule has 13 heavy (non-hydrogen) atoms. The summed E-state index contributed by atoms with van der Waals surface area (Å²) < 4.78 is 4.41. The second-order valence-corrected chi connectivity index (χ2v) is 1.57. The predicted molar refractivity (Wildman–Crippen MR) is 45.0 cm³/mol. The van der Waals surface area contributed by atoms with Crippen LogP contribution in [0.15, 0.2) is 12.7 Å². The van der Waals surface area contributed by atoms with Gasteiger partial charge in [-0.1, -0.05) is 6.58 Å². The molecular weight excluding hydrogens is 178 g/mol. The Kier molecular flexibility index (Phi) is 11.2. The number of hydrogen-bond donors (Lipinski definition) is 2. The van der Waals surface area contributed by atoms with Crippen LogP contribution in [0.4, 0.5) is 4.79 Å². The molecule has 76 valence electrons. The average molecular weight is 191 g/mol. The standard InChI is InChI=1S/C4H9NO3.C3H4O2/c1-3-8-4(6)5-7-2;1-2-3(4)5/h3H2,1-2H3,(H,5,6);2H,1H2,(H,4,5). The SMILES string of the molecule is C=CC(=O)O.CCOC(=O)NOC. The number of hydroxylamine groups is 1. The molecule has 0 heterocycles. The number of carbonyl (C=O) groups excluding carboxylic acids is 1. The van der Waals surface area contributed by atoms with Crippen molar-refractivity contribution in [2.75, 3.05) is 13.7 Å². The molecule has 0 rings (SSSR count). The van der Waals surface area contributed by atoms with Crippen molar-refractivity contribution in [1.82, 2.24) is 5.48 Å². The van der Waals surface area contributed by atoms with Gasteiger partial charge in [0.15, 0.2) is 0 Å². The Hall–Kier alpha value is -1.56. The fraction of sp³-hybridized carbons (Fsp3) is 0.429. The molecule has 6 nitrogen and oxygen atoms in total. The first-order valence-electron chi connectivity index (χ1n) is 3.39. The molecule has 0 fully saturated rings. The molecule has 0 aromatic heterocycles. The lowest BCUT2D eigenvalue weighted by Crippen LogP contribution is -2.22. The van der Waals surface area contributed by atoms with Crippen molar-refractivity contribution in [3.63, 3.8) is 0 Å². The van der Waals surface area contributed by atoms with Gasteiger partial charge in [0, 0.05) is 6.08 Å². The van der Waals surface area contributed by atoms with Crippen LogP contribution >= 0.6 is 0 Å². The molecule has 0 aliphatic heterocycles. The predicted octanol–water partition coefficient (Wildman–Crippen LogP) is 0.551. The monoisotopic (exact) mass is 191 g/mol. The van der Waals surface area contributed by atoms with Crippen LogP contribution in [0, 0.1) is 0 Å². The van der Waals surface area contributed by atoms with Crippen LogP contribution in [-0.4, -0.2) is 30.9 Å². The number of carbonyl (C=O) groups is 2. The van der Waals surface area contributed by atoms with E-state index >= 15 is 0 Å². The van der Waals surface area contributed by atoms with Gasteiger partial charge in [0.25, 0.3) is 0 Å². The van der Waals surface area contributed by atoms with Crippen molar-refractivity contribution in [3.8, 4) is 0 Å². The highest BCUT2D eigenvalue weighted by atomic mass is 16.7. The third kappa shape index (κ3) is 17.9. The molecule has 0 aliphatic carbocycles. The number of carboxylic acid groups (broad SMARTS) is 1. The minimum absolute atomic E-state index is 0.356. The van der Waals surface area contributed by atoms with E-state index in [-0.39, 0.29) is 0 Å². The lowest BCUT2D eigenvalue weighted by Gasteiger charge is -1.99.